The van der Waals surface area contributed by atoms with E-state index in [1.54, 1.807) is 18.4 Å². The van der Waals surface area contributed by atoms with Crippen molar-refractivity contribution in [2.75, 3.05) is 19.3 Å². The van der Waals surface area contributed by atoms with E-state index >= 15 is 0 Å². The molecule has 0 saturated heterocycles. The smallest absolute Gasteiger partial charge is 0.244 e. The van der Waals surface area contributed by atoms with Gasteiger partial charge in [-0.05, 0) is 45.9 Å². The van der Waals surface area contributed by atoms with Crippen molar-refractivity contribution in [3.8, 4) is 0 Å². The molecular formula is C13H14BrClN2O2S2. The quantitative estimate of drug-likeness (QED) is 0.767. The van der Waals surface area contributed by atoms with Gasteiger partial charge in [-0.25, -0.2) is 12.7 Å². The Morgan fingerprint density at radius 1 is 1.43 bits per heavy atom. The van der Waals surface area contributed by atoms with E-state index in [1.807, 2.05) is 17.5 Å². The predicted molar refractivity (Wildman–Crippen MR) is 91.4 cm³/mol. The summed E-state index contributed by atoms with van der Waals surface area (Å²) in [7, 11) is -2.09. The minimum atomic E-state index is -3.64. The zero-order chi connectivity index (χ0) is 15.6. The summed E-state index contributed by atoms with van der Waals surface area (Å²) in [6.45, 7) is 0.391. The van der Waals surface area contributed by atoms with Gasteiger partial charge in [0.05, 0.1) is 9.37 Å². The molecule has 1 aromatic heterocycles. The topological polar surface area (TPSA) is 63.4 Å². The van der Waals surface area contributed by atoms with Gasteiger partial charge >= 0.3 is 0 Å². The van der Waals surface area contributed by atoms with Crippen molar-refractivity contribution in [3.63, 3.8) is 0 Å². The molecule has 8 heteroatoms. The number of hydrogen-bond donors (Lipinski definition) is 1. The zero-order valence-corrected chi connectivity index (χ0v) is 15.2. The number of nitrogens with zero attached hydrogens (tertiary/aromatic N) is 1. The average molecular weight is 410 g/mol. The normalized spacial score (nSPS) is 12.0. The lowest BCUT2D eigenvalue weighted by Crippen LogP contribution is -2.29. The maximum atomic E-state index is 12.6. The molecule has 0 unspecified atom stereocenters. The number of nitrogens with two attached hydrogens (primary N) is 1. The van der Waals surface area contributed by atoms with Gasteiger partial charge in [-0.1, -0.05) is 17.7 Å². The Morgan fingerprint density at radius 3 is 2.76 bits per heavy atom. The monoisotopic (exact) mass is 408 g/mol. The predicted octanol–water partition coefficient (Wildman–Crippen LogP) is 3.61. The number of anilines is 1. The van der Waals surface area contributed by atoms with Crippen molar-refractivity contribution in [1.29, 1.82) is 0 Å². The van der Waals surface area contributed by atoms with Gasteiger partial charge in [0.15, 0.2) is 0 Å². The summed E-state index contributed by atoms with van der Waals surface area (Å²) in [5.41, 5.74) is 6.06. The standard InChI is InChI=1S/C13H14BrClN2O2S2/c1-17(5-4-10-3-2-6-20-10)21(18,19)12-8-9(15)7-11(16)13(12)14/h2-3,6-8H,4-5,16H2,1H3. The van der Waals surface area contributed by atoms with Crippen molar-refractivity contribution < 1.29 is 8.42 Å². The lowest BCUT2D eigenvalue weighted by molar-refractivity contribution is 0.473. The highest BCUT2D eigenvalue weighted by atomic mass is 79.9. The Balaban J connectivity index is 2.25. The molecule has 0 bridgehead atoms. The van der Waals surface area contributed by atoms with E-state index < -0.39 is 10.0 Å². The van der Waals surface area contributed by atoms with E-state index in [0.29, 0.717) is 28.1 Å². The molecule has 0 fully saturated rings. The van der Waals surface area contributed by atoms with Crippen LogP contribution in [0, 0.1) is 0 Å². The highest BCUT2D eigenvalue weighted by Gasteiger charge is 2.25. The summed E-state index contributed by atoms with van der Waals surface area (Å²) in [5, 5.41) is 2.26. The van der Waals surface area contributed by atoms with Gasteiger partial charge in [0, 0.05) is 29.2 Å². The van der Waals surface area contributed by atoms with E-state index in [-0.39, 0.29) is 4.90 Å². The first-order chi connectivity index (χ1) is 9.82. The Hall–Kier alpha value is -0.600. The molecule has 2 rings (SSSR count). The van der Waals surface area contributed by atoms with E-state index in [4.69, 9.17) is 17.3 Å². The zero-order valence-electron chi connectivity index (χ0n) is 11.2. The molecule has 1 heterocycles. The number of rotatable bonds is 5. The summed E-state index contributed by atoms with van der Waals surface area (Å²) >= 11 is 10.7. The first-order valence-corrected chi connectivity index (χ1v) is 9.54. The van der Waals surface area contributed by atoms with Crippen molar-refractivity contribution in [1.82, 2.24) is 4.31 Å². The van der Waals surface area contributed by atoms with Crippen LogP contribution in [-0.2, 0) is 16.4 Å². The van der Waals surface area contributed by atoms with Gasteiger partial charge in [-0.15, -0.1) is 11.3 Å². The van der Waals surface area contributed by atoms with Crippen molar-refractivity contribution in [3.05, 3.63) is 44.0 Å². The Labute approximate surface area is 141 Å². The van der Waals surface area contributed by atoms with Crippen molar-refractivity contribution >= 4 is 54.6 Å². The van der Waals surface area contributed by atoms with Crippen LogP contribution in [0.2, 0.25) is 5.02 Å². The average Bonchev–Trinajstić information content (AvgIpc) is 2.93. The Bertz CT molecular complexity index is 733. The highest BCUT2D eigenvalue weighted by molar-refractivity contribution is 9.10. The second-order valence-corrected chi connectivity index (χ2v) is 8.74. The number of likely N-dealkylation sites (N-methyl/N-ethyl adjacent to an activating group) is 1. The molecule has 0 aliphatic rings. The van der Waals surface area contributed by atoms with Crippen LogP contribution in [0.25, 0.3) is 0 Å². The Kier molecular flexibility index (Phi) is 5.32. The summed E-state index contributed by atoms with van der Waals surface area (Å²) in [6, 6.07) is 6.84. The van der Waals surface area contributed by atoms with Crippen LogP contribution in [0.1, 0.15) is 4.88 Å². The van der Waals surface area contributed by atoms with Crippen molar-refractivity contribution in [2.24, 2.45) is 0 Å². The fourth-order valence-corrected chi connectivity index (χ4v) is 4.90. The van der Waals surface area contributed by atoms with E-state index in [9.17, 15) is 8.42 Å². The van der Waals surface area contributed by atoms with Gasteiger partial charge in [0.25, 0.3) is 0 Å². The summed E-state index contributed by atoms with van der Waals surface area (Å²) in [6.07, 6.45) is 0.668. The fourth-order valence-electron chi connectivity index (χ4n) is 1.78. The van der Waals surface area contributed by atoms with Gasteiger partial charge < -0.3 is 5.73 Å². The number of benzene rings is 1. The molecule has 1 aromatic carbocycles. The van der Waals surface area contributed by atoms with E-state index in [1.165, 1.54) is 16.4 Å². The molecule has 0 amide bonds. The second-order valence-electron chi connectivity index (χ2n) is 4.46. The lowest BCUT2D eigenvalue weighted by atomic mass is 10.3. The maximum Gasteiger partial charge on any atom is 0.244 e. The molecule has 2 aromatic rings. The summed E-state index contributed by atoms with van der Waals surface area (Å²) < 4.78 is 26.9. The number of hydrogen-bond acceptors (Lipinski definition) is 4. The van der Waals surface area contributed by atoms with Crippen LogP contribution in [0.5, 0.6) is 0 Å². The highest BCUT2D eigenvalue weighted by Crippen LogP contribution is 2.33. The van der Waals surface area contributed by atoms with E-state index in [2.05, 4.69) is 15.9 Å². The number of halogens is 2. The summed E-state index contributed by atoms with van der Waals surface area (Å²) in [5.74, 6) is 0. The minimum absolute atomic E-state index is 0.0844. The SMILES string of the molecule is CN(CCc1cccs1)S(=O)(=O)c1cc(Cl)cc(N)c1Br. The molecule has 0 saturated carbocycles. The van der Waals surface area contributed by atoms with Gasteiger partial charge in [-0.2, -0.15) is 0 Å². The Morgan fingerprint density at radius 2 is 2.14 bits per heavy atom. The van der Waals surface area contributed by atoms with Crippen molar-refractivity contribution in [2.45, 2.75) is 11.3 Å². The van der Waals surface area contributed by atoms with Crippen LogP contribution >= 0.6 is 38.9 Å². The third kappa shape index (κ3) is 3.78. The molecule has 0 radical (unpaired) electrons. The van der Waals surface area contributed by atoms with Crippen LogP contribution in [-0.4, -0.2) is 26.3 Å². The largest absolute Gasteiger partial charge is 0.398 e. The van der Waals surface area contributed by atoms with Crippen LogP contribution in [0.15, 0.2) is 39.0 Å². The second kappa shape index (κ2) is 6.66. The number of sulfonamides is 1. The van der Waals surface area contributed by atoms with Crippen LogP contribution < -0.4 is 5.73 Å². The molecule has 0 aliphatic carbocycles. The fraction of sp³-hybridized carbons (Fsp3) is 0.231. The van der Waals surface area contributed by atoms with Crippen LogP contribution in [0.4, 0.5) is 5.69 Å². The first kappa shape index (κ1) is 16.8. The van der Waals surface area contributed by atoms with Gasteiger partial charge in [0.1, 0.15) is 0 Å². The first-order valence-electron chi connectivity index (χ1n) is 6.05. The van der Waals surface area contributed by atoms with Crippen LogP contribution in [0.3, 0.4) is 0 Å². The molecule has 21 heavy (non-hydrogen) atoms. The molecule has 0 aliphatic heterocycles. The maximum absolute atomic E-state index is 12.6. The molecule has 114 valence electrons. The molecular weight excluding hydrogens is 396 g/mol. The third-order valence-electron chi connectivity index (χ3n) is 2.97. The molecule has 0 atom stereocenters. The number of nitrogen functional groups attached to an aromatic ring is 1. The van der Waals surface area contributed by atoms with E-state index in [0.717, 1.165) is 4.88 Å². The molecule has 0 spiro atoms. The third-order valence-corrected chi connectivity index (χ3v) is 7.16. The number of thiophene rings is 1. The summed E-state index contributed by atoms with van der Waals surface area (Å²) in [4.78, 5) is 1.22. The molecule has 4 nitrogen and oxygen atoms in total. The minimum Gasteiger partial charge on any atom is -0.398 e. The molecule has 2 N–H and O–H groups in total. The van der Waals surface area contributed by atoms with Gasteiger partial charge in [0.2, 0.25) is 10.0 Å². The lowest BCUT2D eigenvalue weighted by Gasteiger charge is -2.18. The van der Waals surface area contributed by atoms with Gasteiger partial charge in [-0.3, -0.25) is 0 Å².